The van der Waals surface area contributed by atoms with E-state index in [9.17, 15) is 14.0 Å². The predicted octanol–water partition coefficient (Wildman–Crippen LogP) is 1.89. The fraction of sp³-hybridized carbons (Fsp3) is 0.455. The van der Waals surface area contributed by atoms with E-state index < -0.39 is 6.04 Å². The van der Waals surface area contributed by atoms with E-state index in [1.54, 1.807) is 24.7 Å². The van der Waals surface area contributed by atoms with E-state index in [-0.39, 0.29) is 30.1 Å². The van der Waals surface area contributed by atoms with Crippen molar-refractivity contribution in [2.45, 2.75) is 37.9 Å². The molecule has 160 valence electrons. The van der Waals surface area contributed by atoms with Crippen molar-refractivity contribution in [2.75, 3.05) is 31.1 Å². The Morgan fingerprint density at radius 3 is 2.63 bits per heavy atom. The van der Waals surface area contributed by atoms with Gasteiger partial charge in [-0.2, -0.15) is 0 Å². The molecular weight excluding hydrogens is 387 g/mol. The van der Waals surface area contributed by atoms with E-state index in [4.69, 9.17) is 4.42 Å². The van der Waals surface area contributed by atoms with Gasteiger partial charge in [0, 0.05) is 50.0 Å². The normalized spacial score (nSPS) is 20.8. The predicted molar refractivity (Wildman–Crippen MR) is 110 cm³/mol. The first-order valence-electron chi connectivity index (χ1n) is 10.4. The molecule has 30 heavy (non-hydrogen) atoms. The minimum Gasteiger partial charge on any atom is -0.472 e. The van der Waals surface area contributed by atoms with Crippen molar-refractivity contribution in [3.05, 3.63) is 54.2 Å². The van der Waals surface area contributed by atoms with Gasteiger partial charge in [-0.15, -0.1) is 0 Å². The summed E-state index contributed by atoms with van der Waals surface area (Å²) >= 11 is 0. The Bertz CT molecular complexity index is 848. The number of carbonyl (C=O) groups excluding carboxylic acids is 2. The van der Waals surface area contributed by atoms with E-state index >= 15 is 0 Å². The van der Waals surface area contributed by atoms with Crippen molar-refractivity contribution in [1.82, 2.24) is 15.5 Å². The number of hydrogen-bond donors (Lipinski definition) is 2. The number of amides is 2. The highest BCUT2D eigenvalue weighted by Gasteiger charge is 2.32. The highest BCUT2D eigenvalue weighted by Crippen LogP contribution is 2.21. The van der Waals surface area contributed by atoms with Crippen molar-refractivity contribution in [3.8, 4) is 0 Å². The fourth-order valence-electron chi connectivity index (χ4n) is 4.19. The van der Waals surface area contributed by atoms with E-state index in [0.717, 1.165) is 37.2 Å². The number of piperazine rings is 1. The number of halogens is 1. The summed E-state index contributed by atoms with van der Waals surface area (Å²) in [4.78, 5) is 29.3. The van der Waals surface area contributed by atoms with Crippen molar-refractivity contribution in [1.29, 1.82) is 0 Å². The third kappa shape index (κ3) is 4.99. The molecule has 1 unspecified atom stereocenters. The Kier molecular flexibility index (Phi) is 6.32. The van der Waals surface area contributed by atoms with Crippen molar-refractivity contribution >= 4 is 17.5 Å². The molecule has 1 aromatic heterocycles. The zero-order valence-corrected chi connectivity index (χ0v) is 16.9. The first-order chi connectivity index (χ1) is 14.6. The smallest absolute Gasteiger partial charge is 0.237 e. The van der Waals surface area contributed by atoms with Gasteiger partial charge in [-0.05, 0) is 43.2 Å². The van der Waals surface area contributed by atoms with Gasteiger partial charge in [-0.3, -0.25) is 14.5 Å². The van der Waals surface area contributed by atoms with Crippen LogP contribution in [-0.2, 0) is 16.1 Å². The van der Waals surface area contributed by atoms with E-state index in [2.05, 4.69) is 15.5 Å². The minimum atomic E-state index is -0.479. The number of nitrogens with one attached hydrogen (secondary N) is 2. The van der Waals surface area contributed by atoms with E-state index in [1.807, 2.05) is 11.0 Å². The second kappa shape index (κ2) is 9.30. The number of furan rings is 1. The first-order valence-corrected chi connectivity index (χ1v) is 10.4. The molecule has 0 saturated carbocycles. The maximum Gasteiger partial charge on any atom is 0.237 e. The van der Waals surface area contributed by atoms with Crippen LogP contribution in [0.3, 0.4) is 0 Å². The molecule has 0 aliphatic carbocycles. The number of carbonyl (C=O) groups is 2. The van der Waals surface area contributed by atoms with Crippen LogP contribution >= 0.6 is 0 Å². The van der Waals surface area contributed by atoms with E-state index in [1.165, 1.54) is 12.1 Å². The quantitative estimate of drug-likeness (QED) is 0.755. The Morgan fingerprint density at radius 1 is 1.17 bits per heavy atom. The first kappa shape index (κ1) is 20.4. The van der Waals surface area contributed by atoms with Gasteiger partial charge >= 0.3 is 0 Å². The molecule has 1 atom stereocenters. The van der Waals surface area contributed by atoms with Crippen LogP contribution in [0, 0.1) is 5.82 Å². The topological polar surface area (TPSA) is 77.8 Å². The highest BCUT2D eigenvalue weighted by atomic mass is 19.1. The molecule has 0 radical (unpaired) electrons. The molecule has 2 amide bonds. The second-order valence-electron chi connectivity index (χ2n) is 7.92. The summed E-state index contributed by atoms with van der Waals surface area (Å²) in [6.45, 7) is 3.46. The van der Waals surface area contributed by atoms with Gasteiger partial charge in [-0.25, -0.2) is 4.39 Å². The molecule has 2 aliphatic rings. The summed E-state index contributed by atoms with van der Waals surface area (Å²) in [5, 5.41) is 5.96. The van der Waals surface area contributed by atoms with Gasteiger partial charge in [0.25, 0.3) is 0 Å². The maximum absolute atomic E-state index is 13.1. The Morgan fingerprint density at radius 2 is 1.93 bits per heavy atom. The average Bonchev–Trinajstić information content (AvgIpc) is 3.25. The number of hydrogen-bond acceptors (Lipinski definition) is 5. The molecule has 2 fully saturated rings. The van der Waals surface area contributed by atoms with Gasteiger partial charge in [0.2, 0.25) is 11.8 Å². The van der Waals surface area contributed by atoms with Crippen LogP contribution in [0.5, 0.6) is 0 Å². The summed E-state index contributed by atoms with van der Waals surface area (Å²) in [5.74, 6) is -0.449. The number of nitrogens with zero attached hydrogens (tertiary/aromatic N) is 2. The van der Waals surface area contributed by atoms with Crippen LogP contribution in [0.1, 0.15) is 24.8 Å². The van der Waals surface area contributed by atoms with Crippen molar-refractivity contribution in [2.24, 2.45) is 0 Å². The lowest BCUT2D eigenvalue weighted by molar-refractivity contribution is -0.134. The molecule has 0 bridgehead atoms. The van der Waals surface area contributed by atoms with Crippen LogP contribution in [-0.4, -0.2) is 55.0 Å². The molecule has 0 spiro atoms. The van der Waals surface area contributed by atoms with Crippen LogP contribution in [0.25, 0.3) is 0 Å². The van der Waals surface area contributed by atoms with Gasteiger partial charge in [0.05, 0.1) is 25.0 Å². The Balaban J connectivity index is 1.28. The number of rotatable bonds is 6. The van der Waals surface area contributed by atoms with Crippen LogP contribution in [0.2, 0.25) is 0 Å². The van der Waals surface area contributed by atoms with Gasteiger partial charge in [0.1, 0.15) is 5.82 Å². The number of benzene rings is 1. The summed E-state index contributed by atoms with van der Waals surface area (Å²) in [6.07, 6.45) is 5.05. The lowest BCUT2D eigenvalue weighted by atomic mass is 10.0. The molecule has 1 aromatic carbocycles. The Labute approximate surface area is 175 Å². The van der Waals surface area contributed by atoms with E-state index in [0.29, 0.717) is 19.6 Å². The molecule has 3 heterocycles. The summed E-state index contributed by atoms with van der Waals surface area (Å²) in [6, 6.07) is 7.98. The summed E-state index contributed by atoms with van der Waals surface area (Å²) in [5.41, 5.74) is 1.98. The molecule has 2 aromatic rings. The molecule has 7 nitrogen and oxygen atoms in total. The minimum absolute atomic E-state index is 0.0863. The van der Waals surface area contributed by atoms with Crippen LogP contribution in [0.4, 0.5) is 10.1 Å². The maximum atomic E-state index is 13.1. The van der Waals surface area contributed by atoms with Gasteiger partial charge in [-0.1, -0.05) is 0 Å². The molecular formula is C22H27FN4O3. The molecule has 4 rings (SSSR count). The molecule has 2 aliphatic heterocycles. The molecule has 8 heteroatoms. The van der Waals surface area contributed by atoms with Crippen molar-refractivity contribution in [3.63, 3.8) is 0 Å². The largest absolute Gasteiger partial charge is 0.472 e. The third-order valence-corrected chi connectivity index (χ3v) is 5.84. The van der Waals surface area contributed by atoms with Gasteiger partial charge in [0.15, 0.2) is 0 Å². The lowest BCUT2D eigenvalue weighted by Gasteiger charge is -2.36. The second-order valence-corrected chi connectivity index (χ2v) is 7.92. The lowest BCUT2D eigenvalue weighted by Crippen LogP contribution is -2.56. The summed E-state index contributed by atoms with van der Waals surface area (Å²) in [7, 11) is 0. The SMILES string of the molecule is O=C(CC1C(=O)NCCN1Cc1ccoc1)NC1CCN(c2ccc(F)cc2)CC1. The molecule has 2 saturated heterocycles. The zero-order chi connectivity index (χ0) is 20.9. The monoisotopic (exact) mass is 414 g/mol. The summed E-state index contributed by atoms with van der Waals surface area (Å²) < 4.78 is 18.2. The average molecular weight is 414 g/mol. The fourth-order valence-corrected chi connectivity index (χ4v) is 4.19. The standard InChI is InChI=1S/C22H27FN4O3/c23-17-1-3-19(4-2-17)26-9-5-18(6-10-26)25-21(28)13-20-22(29)24-8-11-27(20)14-16-7-12-30-15-16/h1-4,7,12,15,18,20H,5-6,8-11,13-14H2,(H,24,29)(H,25,28). The number of anilines is 1. The van der Waals surface area contributed by atoms with Gasteiger partial charge < -0.3 is 20.0 Å². The zero-order valence-electron chi connectivity index (χ0n) is 16.9. The third-order valence-electron chi connectivity index (χ3n) is 5.84. The van der Waals surface area contributed by atoms with Crippen LogP contribution in [0.15, 0.2) is 47.3 Å². The Hall–Kier alpha value is -2.87. The van der Waals surface area contributed by atoms with Crippen LogP contribution < -0.4 is 15.5 Å². The number of piperidine rings is 1. The van der Waals surface area contributed by atoms with Crippen molar-refractivity contribution < 1.29 is 18.4 Å². The highest BCUT2D eigenvalue weighted by molar-refractivity contribution is 5.88. The molecule has 2 N–H and O–H groups in total.